The first kappa shape index (κ1) is 19.9. The maximum Gasteiger partial charge on any atom is 0.326 e. The average molecular weight is 317 g/mol. The van der Waals surface area contributed by atoms with Gasteiger partial charge < -0.3 is 19.9 Å². The molecule has 22 heavy (non-hydrogen) atoms. The molecule has 0 aromatic rings. The van der Waals surface area contributed by atoms with Gasteiger partial charge in [0.25, 0.3) is 0 Å². The normalized spacial score (nSPS) is 12.9. The highest BCUT2D eigenvalue weighted by Gasteiger charge is 2.28. The lowest BCUT2D eigenvalue weighted by Gasteiger charge is -2.20. The van der Waals surface area contributed by atoms with E-state index in [1.165, 1.54) is 6.92 Å². The predicted molar refractivity (Wildman–Crippen MR) is 75.8 cm³/mol. The van der Waals surface area contributed by atoms with Crippen molar-refractivity contribution < 1.29 is 33.8 Å². The summed E-state index contributed by atoms with van der Waals surface area (Å²) < 4.78 is 9.42. The topological polar surface area (TPSA) is 119 Å². The first-order valence-electron chi connectivity index (χ1n) is 7.15. The monoisotopic (exact) mass is 317 g/mol. The van der Waals surface area contributed by atoms with Gasteiger partial charge in [0.1, 0.15) is 6.04 Å². The maximum atomic E-state index is 11.7. The van der Waals surface area contributed by atoms with Crippen molar-refractivity contribution in [3.63, 3.8) is 0 Å². The molecule has 0 radical (unpaired) electrons. The maximum absolute atomic E-state index is 11.7. The fourth-order valence-corrected chi connectivity index (χ4v) is 1.74. The second-order valence-corrected chi connectivity index (χ2v) is 4.67. The number of rotatable bonds is 10. The SMILES string of the molecule is CCOC(=O)CCC(=O)N[C@@H](C(=O)O)[C@H](C)CC(=O)OCC. The predicted octanol–water partition coefficient (Wildman–Crippen LogP) is 0.488. The molecule has 0 aliphatic carbocycles. The zero-order chi connectivity index (χ0) is 17.1. The molecule has 0 saturated carbocycles. The number of hydrogen-bond acceptors (Lipinski definition) is 6. The minimum atomic E-state index is -1.25. The van der Waals surface area contributed by atoms with Gasteiger partial charge >= 0.3 is 17.9 Å². The van der Waals surface area contributed by atoms with Crippen molar-refractivity contribution in [1.29, 1.82) is 0 Å². The molecule has 8 nitrogen and oxygen atoms in total. The Bertz CT molecular complexity index is 408. The molecule has 0 bridgehead atoms. The lowest BCUT2D eigenvalue weighted by atomic mass is 9.98. The van der Waals surface area contributed by atoms with E-state index in [-0.39, 0.29) is 32.5 Å². The van der Waals surface area contributed by atoms with Crippen LogP contribution in [0.1, 0.15) is 40.0 Å². The molecule has 0 aromatic carbocycles. The minimum Gasteiger partial charge on any atom is -0.480 e. The van der Waals surface area contributed by atoms with Crippen LogP contribution in [0, 0.1) is 5.92 Å². The molecule has 0 fully saturated rings. The summed E-state index contributed by atoms with van der Waals surface area (Å²) in [5, 5.41) is 11.4. The van der Waals surface area contributed by atoms with E-state index >= 15 is 0 Å². The Morgan fingerprint density at radius 3 is 2.05 bits per heavy atom. The molecule has 0 saturated heterocycles. The lowest BCUT2D eigenvalue weighted by molar-refractivity contribution is -0.147. The molecule has 8 heteroatoms. The Balaban J connectivity index is 4.44. The van der Waals surface area contributed by atoms with Gasteiger partial charge in [-0.25, -0.2) is 4.79 Å². The van der Waals surface area contributed by atoms with Gasteiger partial charge in [-0.2, -0.15) is 0 Å². The van der Waals surface area contributed by atoms with Crippen LogP contribution in [0.25, 0.3) is 0 Å². The molecule has 0 aliphatic rings. The Labute approximate surface area is 129 Å². The van der Waals surface area contributed by atoms with Crippen LogP contribution in [-0.2, 0) is 28.7 Å². The van der Waals surface area contributed by atoms with E-state index in [1.54, 1.807) is 13.8 Å². The summed E-state index contributed by atoms with van der Waals surface area (Å²) in [4.78, 5) is 45.4. The summed E-state index contributed by atoms with van der Waals surface area (Å²) in [6.45, 7) is 5.25. The van der Waals surface area contributed by atoms with E-state index < -0.39 is 35.8 Å². The highest BCUT2D eigenvalue weighted by atomic mass is 16.5. The van der Waals surface area contributed by atoms with Crippen LogP contribution in [0.2, 0.25) is 0 Å². The molecular weight excluding hydrogens is 294 g/mol. The van der Waals surface area contributed by atoms with Crippen LogP contribution in [-0.4, -0.2) is 48.2 Å². The van der Waals surface area contributed by atoms with E-state index in [4.69, 9.17) is 9.84 Å². The third-order valence-electron chi connectivity index (χ3n) is 2.81. The smallest absolute Gasteiger partial charge is 0.326 e. The Morgan fingerprint density at radius 1 is 1.00 bits per heavy atom. The molecule has 0 rings (SSSR count). The minimum absolute atomic E-state index is 0.122. The number of aliphatic carboxylic acids is 1. The summed E-state index contributed by atoms with van der Waals surface area (Å²) in [6, 6.07) is -1.22. The zero-order valence-corrected chi connectivity index (χ0v) is 13.1. The van der Waals surface area contributed by atoms with Crippen molar-refractivity contribution in [3.8, 4) is 0 Å². The van der Waals surface area contributed by atoms with Crippen molar-refractivity contribution in [1.82, 2.24) is 5.32 Å². The largest absolute Gasteiger partial charge is 0.480 e. The Kier molecular flexibility index (Phi) is 9.56. The first-order valence-corrected chi connectivity index (χ1v) is 7.15. The van der Waals surface area contributed by atoms with E-state index in [1.807, 2.05) is 0 Å². The van der Waals surface area contributed by atoms with Gasteiger partial charge in [0.2, 0.25) is 5.91 Å². The van der Waals surface area contributed by atoms with Crippen molar-refractivity contribution in [3.05, 3.63) is 0 Å². The van der Waals surface area contributed by atoms with Gasteiger partial charge in [-0.15, -0.1) is 0 Å². The molecule has 0 spiro atoms. The highest BCUT2D eigenvalue weighted by Crippen LogP contribution is 2.10. The second-order valence-electron chi connectivity index (χ2n) is 4.67. The number of esters is 2. The molecule has 2 atom stereocenters. The van der Waals surface area contributed by atoms with E-state index in [9.17, 15) is 19.2 Å². The second kappa shape index (κ2) is 10.6. The number of nitrogens with one attached hydrogen (secondary N) is 1. The van der Waals surface area contributed by atoms with Crippen LogP contribution >= 0.6 is 0 Å². The first-order chi connectivity index (χ1) is 10.3. The summed E-state index contributed by atoms with van der Waals surface area (Å²) in [5.74, 6) is -3.52. The summed E-state index contributed by atoms with van der Waals surface area (Å²) >= 11 is 0. The van der Waals surface area contributed by atoms with Gasteiger partial charge in [-0.05, 0) is 19.8 Å². The summed E-state index contributed by atoms with van der Waals surface area (Å²) in [5.41, 5.74) is 0. The molecule has 0 aliphatic heterocycles. The van der Waals surface area contributed by atoms with Crippen LogP contribution in [0.3, 0.4) is 0 Å². The molecule has 0 aromatic heterocycles. The van der Waals surface area contributed by atoms with Crippen LogP contribution in [0.4, 0.5) is 0 Å². The number of hydrogen-bond donors (Lipinski definition) is 2. The number of carboxylic acids is 1. The lowest BCUT2D eigenvalue weighted by Crippen LogP contribution is -2.45. The highest BCUT2D eigenvalue weighted by molar-refractivity contribution is 5.86. The van der Waals surface area contributed by atoms with Crippen molar-refractivity contribution in [2.24, 2.45) is 5.92 Å². The Hall–Kier alpha value is -2.12. The number of carbonyl (C=O) groups excluding carboxylic acids is 3. The number of carboxylic acid groups (broad SMARTS) is 1. The average Bonchev–Trinajstić information content (AvgIpc) is 2.42. The number of ether oxygens (including phenoxy) is 2. The van der Waals surface area contributed by atoms with Gasteiger partial charge in [-0.3, -0.25) is 14.4 Å². The molecule has 126 valence electrons. The van der Waals surface area contributed by atoms with E-state index in [0.717, 1.165) is 0 Å². The van der Waals surface area contributed by atoms with Crippen LogP contribution in [0.15, 0.2) is 0 Å². The zero-order valence-electron chi connectivity index (χ0n) is 13.1. The van der Waals surface area contributed by atoms with Gasteiger partial charge in [-0.1, -0.05) is 6.92 Å². The summed E-state index contributed by atoms with van der Waals surface area (Å²) in [6.07, 6.45) is -0.421. The standard InChI is InChI=1S/C14H23NO7/c1-4-21-11(17)7-6-10(16)15-13(14(19)20)9(3)8-12(18)22-5-2/h9,13H,4-8H2,1-3H3,(H,15,16)(H,19,20)/t9-,13-/m1/s1. The third-order valence-corrected chi connectivity index (χ3v) is 2.81. The number of amides is 1. The van der Waals surface area contributed by atoms with Crippen LogP contribution in [0.5, 0.6) is 0 Å². The molecule has 0 unspecified atom stereocenters. The van der Waals surface area contributed by atoms with Crippen LogP contribution < -0.4 is 5.32 Å². The number of carbonyl (C=O) groups is 4. The molecular formula is C14H23NO7. The quantitative estimate of drug-likeness (QED) is 0.563. The van der Waals surface area contributed by atoms with Gasteiger partial charge in [0, 0.05) is 6.42 Å². The summed E-state index contributed by atoms with van der Waals surface area (Å²) in [7, 11) is 0. The van der Waals surface area contributed by atoms with Crippen molar-refractivity contribution in [2.45, 2.75) is 46.1 Å². The van der Waals surface area contributed by atoms with Crippen molar-refractivity contribution in [2.75, 3.05) is 13.2 Å². The third kappa shape index (κ3) is 8.23. The van der Waals surface area contributed by atoms with Crippen molar-refractivity contribution >= 4 is 23.8 Å². The molecule has 2 N–H and O–H groups in total. The van der Waals surface area contributed by atoms with Gasteiger partial charge in [0.05, 0.1) is 26.1 Å². The van der Waals surface area contributed by atoms with E-state index in [2.05, 4.69) is 10.1 Å². The fraction of sp³-hybridized carbons (Fsp3) is 0.714. The fourth-order valence-electron chi connectivity index (χ4n) is 1.74. The molecule has 1 amide bonds. The van der Waals surface area contributed by atoms with Gasteiger partial charge in [0.15, 0.2) is 0 Å². The van der Waals surface area contributed by atoms with E-state index in [0.29, 0.717) is 0 Å². The molecule has 0 heterocycles. The Morgan fingerprint density at radius 2 is 1.55 bits per heavy atom.